The van der Waals surface area contributed by atoms with Crippen molar-refractivity contribution in [3.8, 4) is 17.2 Å². The molecule has 1 amide bonds. The van der Waals surface area contributed by atoms with Crippen molar-refractivity contribution >= 4 is 11.7 Å². The topological polar surface area (TPSA) is 65.4 Å². The summed E-state index contributed by atoms with van der Waals surface area (Å²) in [6.45, 7) is 4.57. The minimum absolute atomic E-state index is 0.0406. The number of amides is 1. The van der Waals surface area contributed by atoms with Gasteiger partial charge in [-0.25, -0.2) is 4.68 Å². The van der Waals surface area contributed by atoms with Crippen molar-refractivity contribution in [1.82, 2.24) is 9.78 Å². The van der Waals surface area contributed by atoms with E-state index < -0.39 is 0 Å². The number of rotatable bonds is 6. The van der Waals surface area contributed by atoms with E-state index in [4.69, 9.17) is 9.47 Å². The molecule has 0 radical (unpaired) electrons. The highest BCUT2D eigenvalue weighted by Gasteiger charge is 2.33. The van der Waals surface area contributed by atoms with Crippen LogP contribution < -0.4 is 14.8 Å². The molecular formula is C23H25N3O3. The summed E-state index contributed by atoms with van der Waals surface area (Å²) in [6, 6.07) is 14.0. The van der Waals surface area contributed by atoms with Crippen LogP contribution in [-0.4, -0.2) is 29.4 Å². The largest absolute Gasteiger partial charge is 0.493 e. The Morgan fingerprint density at radius 2 is 2.00 bits per heavy atom. The fourth-order valence-electron chi connectivity index (χ4n) is 3.87. The van der Waals surface area contributed by atoms with Gasteiger partial charge in [0, 0.05) is 23.5 Å². The SMILES string of the molecule is CCOc1c(OC)cccc1C1CC(=O)Nc2c1cnn2-c1cccc(CC)c1. The molecule has 2 heterocycles. The molecule has 1 aliphatic rings. The molecule has 0 saturated carbocycles. The van der Waals surface area contributed by atoms with Crippen molar-refractivity contribution in [2.75, 3.05) is 19.0 Å². The van der Waals surface area contributed by atoms with Gasteiger partial charge in [-0.2, -0.15) is 5.10 Å². The van der Waals surface area contributed by atoms with Crippen molar-refractivity contribution in [3.05, 3.63) is 65.4 Å². The molecule has 6 heteroatoms. The molecule has 0 aliphatic carbocycles. The molecule has 1 atom stereocenters. The molecular weight excluding hydrogens is 366 g/mol. The normalized spacial score (nSPS) is 15.6. The summed E-state index contributed by atoms with van der Waals surface area (Å²) in [5.74, 6) is 1.87. The Kier molecular flexibility index (Phi) is 5.25. The van der Waals surface area contributed by atoms with Gasteiger partial charge in [-0.05, 0) is 37.1 Å². The Labute approximate surface area is 170 Å². The van der Waals surface area contributed by atoms with Crippen LogP contribution in [0.15, 0.2) is 48.7 Å². The van der Waals surface area contributed by atoms with Crippen LogP contribution in [0.5, 0.6) is 11.5 Å². The van der Waals surface area contributed by atoms with Crippen LogP contribution in [0.25, 0.3) is 5.69 Å². The van der Waals surface area contributed by atoms with E-state index in [1.54, 1.807) is 11.8 Å². The van der Waals surface area contributed by atoms with Gasteiger partial charge in [0.05, 0.1) is 25.6 Å². The Balaban J connectivity index is 1.83. The number of nitrogens with zero attached hydrogens (tertiary/aromatic N) is 2. The van der Waals surface area contributed by atoms with E-state index in [2.05, 4.69) is 29.5 Å². The standard InChI is InChI=1S/C23H25N3O3/c1-4-15-8-6-9-16(12-15)26-23-19(14-24-26)18(13-21(27)25-23)17-10-7-11-20(28-3)22(17)29-5-2/h6-12,14,18H,4-5,13H2,1-3H3,(H,25,27). The maximum Gasteiger partial charge on any atom is 0.226 e. The Bertz CT molecular complexity index is 1040. The van der Waals surface area contributed by atoms with E-state index in [0.29, 0.717) is 30.3 Å². The smallest absolute Gasteiger partial charge is 0.226 e. The number of fused-ring (bicyclic) bond motifs is 1. The summed E-state index contributed by atoms with van der Waals surface area (Å²) in [5, 5.41) is 7.62. The van der Waals surface area contributed by atoms with E-state index in [1.165, 1.54) is 5.56 Å². The summed E-state index contributed by atoms with van der Waals surface area (Å²) in [4.78, 5) is 12.6. The lowest BCUT2D eigenvalue weighted by molar-refractivity contribution is -0.116. The van der Waals surface area contributed by atoms with E-state index in [0.717, 1.165) is 23.2 Å². The van der Waals surface area contributed by atoms with Gasteiger partial charge in [0.15, 0.2) is 11.5 Å². The number of aromatic nitrogens is 2. The first kappa shape index (κ1) is 19.1. The second kappa shape index (κ2) is 7.99. The molecule has 29 heavy (non-hydrogen) atoms. The first-order valence-electron chi connectivity index (χ1n) is 9.93. The summed E-state index contributed by atoms with van der Waals surface area (Å²) in [7, 11) is 1.62. The fourth-order valence-corrected chi connectivity index (χ4v) is 3.87. The number of nitrogens with one attached hydrogen (secondary N) is 1. The van der Waals surface area contributed by atoms with Gasteiger partial charge < -0.3 is 14.8 Å². The van der Waals surface area contributed by atoms with Crippen molar-refractivity contribution in [2.45, 2.75) is 32.6 Å². The monoisotopic (exact) mass is 391 g/mol. The van der Waals surface area contributed by atoms with Gasteiger partial charge in [-0.15, -0.1) is 0 Å². The maximum absolute atomic E-state index is 12.6. The molecule has 0 fully saturated rings. The number of carbonyl (C=O) groups is 1. The lowest BCUT2D eigenvalue weighted by Crippen LogP contribution is -2.25. The number of anilines is 1. The zero-order valence-electron chi connectivity index (χ0n) is 16.9. The van der Waals surface area contributed by atoms with Gasteiger partial charge in [0.2, 0.25) is 5.91 Å². The van der Waals surface area contributed by atoms with Crippen LogP contribution in [0.1, 0.15) is 42.9 Å². The van der Waals surface area contributed by atoms with Crippen molar-refractivity contribution in [1.29, 1.82) is 0 Å². The predicted molar refractivity (Wildman–Crippen MR) is 112 cm³/mol. The highest BCUT2D eigenvalue weighted by atomic mass is 16.5. The van der Waals surface area contributed by atoms with Crippen LogP contribution >= 0.6 is 0 Å². The van der Waals surface area contributed by atoms with E-state index in [9.17, 15) is 4.79 Å². The minimum Gasteiger partial charge on any atom is -0.493 e. The minimum atomic E-state index is -0.154. The Morgan fingerprint density at radius 1 is 1.17 bits per heavy atom. The number of hydrogen-bond donors (Lipinski definition) is 1. The molecule has 1 unspecified atom stereocenters. The zero-order chi connectivity index (χ0) is 20.4. The summed E-state index contributed by atoms with van der Waals surface area (Å²) in [5.41, 5.74) is 4.06. The van der Waals surface area contributed by atoms with Gasteiger partial charge in [0.25, 0.3) is 0 Å². The van der Waals surface area contributed by atoms with Crippen LogP contribution in [0, 0.1) is 0 Å². The number of carbonyl (C=O) groups excluding carboxylic acids is 1. The average Bonchev–Trinajstić information content (AvgIpc) is 3.17. The maximum atomic E-state index is 12.6. The van der Waals surface area contributed by atoms with Crippen LogP contribution in [-0.2, 0) is 11.2 Å². The van der Waals surface area contributed by atoms with Crippen molar-refractivity contribution < 1.29 is 14.3 Å². The molecule has 0 spiro atoms. The quantitative estimate of drug-likeness (QED) is 0.680. The molecule has 1 aliphatic heterocycles. The third kappa shape index (κ3) is 3.46. The van der Waals surface area contributed by atoms with Crippen molar-refractivity contribution in [2.24, 2.45) is 0 Å². The molecule has 0 saturated heterocycles. The molecule has 3 aromatic rings. The first-order valence-corrected chi connectivity index (χ1v) is 9.93. The molecule has 150 valence electrons. The number of benzene rings is 2. The average molecular weight is 391 g/mol. The number of hydrogen-bond acceptors (Lipinski definition) is 4. The van der Waals surface area contributed by atoms with Crippen molar-refractivity contribution in [3.63, 3.8) is 0 Å². The Morgan fingerprint density at radius 3 is 2.76 bits per heavy atom. The number of methoxy groups -OCH3 is 1. The third-order valence-corrected chi connectivity index (χ3v) is 5.28. The van der Waals surface area contributed by atoms with Gasteiger partial charge in [0.1, 0.15) is 5.82 Å². The lowest BCUT2D eigenvalue weighted by Gasteiger charge is -2.26. The number of para-hydroxylation sites is 1. The van der Waals surface area contributed by atoms with E-state index in [1.807, 2.05) is 43.5 Å². The van der Waals surface area contributed by atoms with E-state index >= 15 is 0 Å². The molecule has 6 nitrogen and oxygen atoms in total. The molecule has 4 rings (SSSR count). The zero-order valence-corrected chi connectivity index (χ0v) is 16.9. The van der Waals surface area contributed by atoms with E-state index in [-0.39, 0.29) is 11.8 Å². The summed E-state index contributed by atoms with van der Waals surface area (Å²) in [6.07, 6.45) is 3.11. The predicted octanol–water partition coefficient (Wildman–Crippen LogP) is 4.32. The lowest BCUT2D eigenvalue weighted by atomic mass is 9.86. The number of ether oxygens (including phenoxy) is 2. The summed E-state index contributed by atoms with van der Waals surface area (Å²) < 4.78 is 13.2. The second-order valence-corrected chi connectivity index (χ2v) is 7.00. The Hall–Kier alpha value is -3.28. The summed E-state index contributed by atoms with van der Waals surface area (Å²) >= 11 is 0. The number of aryl methyl sites for hydroxylation is 1. The van der Waals surface area contributed by atoms with Crippen LogP contribution in [0.3, 0.4) is 0 Å². The molecule has 0 bridgehead atoms. The highest BCUT2D eigenvalue weighted by molar-refractivity contribution is 5.95. The van der Waals surface area contributed by atoms with Gasteiger partial charge in [-0.1, -0.05) is 31.2 Å². The molecule has 2 aromatic carbocycles. The van der Waals surface area contributed by atoms with Gasteiger partial charge in [-0.3, -0.25) is 4.79 Å². The van der Waals surface area contributed by atoms with Crippen LogP contribution in [0.4, 0.5) is 5.82 Å². The van der Waals surface area contributed by atoms with Gasteiger partial charge >= 0.3 is 0 Å². The van der Waals surface area contributed by atoms with Crippen LogP contribution in [0.2, 0.25) is 0 Å². The second-order valence-electron chi connectivity index (χ2n) is 7.00. The third-order valence-electron chi connectivity index (χ3n) is 5.28. The molecule has 1 N–H and O–H groups in total. The highest BCUT2D eigenvalue weighted by Crippen LogP contribution is 2.44. The fraction of sp³-hybridized carbons (Fsp3) is 0.304. The molecule has 1 aromatic heterocycles. The first-order chi connectivity index (χ1) is 14.2.